The van der Waals surface area contributed by atoms with Crippen LogP contribution in [0.2, 0.25) is 10.0 Å². The van der Waals surface area contributed by atoms with Crippen molar-refractivity contribution in [3.63, 3.8) is 0 Å². The molecule has 0 radical (unpaired) electrons. The van der Waals surface area contributed by atoms with Crippen LogP contribution in [0.25, 0.3) is 0 Å². The summed E-state index contributed by atoms with van der Waals surface area (Å²) in [5.74, 6) is 1.02. The largest absolute Gasteiger partial charge is 0.489 e. The lowest BCUT2D eigenvalue weighted by atomic mass is 9.89. The first-order valence-corrected chi connectivity index (χ1v) is 9.45. The van der Waals surface area contributed by atoms with Crippen LogP contribution >= 0.6 is 33.9 Å². The van der Waals surface area contributed by atoms with Crippen LogP contribution in [0.4, 0.5) is 0 Å². The van der Waals surface area contributed by atoms with E-state index in [1.807, 2.05) is 0 Å². The van der Waals surface area contributed by atoms with Crippen molar-refractivity contribution in [2.24, 2.45) is 5.92 Å². The first kappa shape index (κ1) is 16.2. The van der Waals surface area contributed by atoms with Crippen molar-refractivity contribution < 1.29 is 13.2 Å². The van der Waals surface area contributed by atoms with Crippen molar-refractivity contribution in [2.45, 2.75) is 43.6 Å². The Balaban J connectivity index is 2.24. The minimum absolute atomic E-state index is 0.0887. The predicted molar refractivity (Wildman–Crippen MR) is 81.5 cm³/mol. The molecule has 0 N–H and O–H groups in total. The lowest BCUT2D eigenvalue weighted by Gasteiger charge is -2.27. The molecule has 1 aromatic carbocycles. The maximum absolute atomic E-state index is 11.3. The van der Waals surface area contributed by atoms with E-state index in [9.17, 15) is 8.42 Å². The van der Waals surface area contributed by atoms with Gasteiger partial charge >= 0.3 is 0 Å². The fourth-order valence-electron chi connectivity index (χ4n) is 2.46. The Hall–Kier alpha value is -0.160. The van der Waals surface area contributed by atoms with E-state index in [0.29, 0.717) is 11.7 Å². The highest BCUT2D eigenvalue weighted by atomic mass is 35.7. The van der Waals surface area contributed by atoms with E-state index < -0.39 is 9.05 Å². The molecule has 20 heavy (non-hydrogen) atoms. The van der Waals surface area contributed by atoms with Crippen LogP contribution in [-0.2, 0) is 9.05 Å². The Morgan fingerprint density at radius 1 is 1.20 bits per heavy atom. The molecule has 1 aliphatic carbocycles. The summed E-state index contributed by atoms with van der Waals surface area (Å²) in [5.41, 5.74) is 0. The van der Waals surface area contributed by atoms with Gasteiger partial charge in [-0.05, 0) is 37.3 Å². The fraction of sp³-hybridized carbons (Fsp3) is 0.538. The van der Waals surface area contributed by atoms with Gasteiger partial charge in [-0.3, -0.25) is 0 Å². The van der Waals surface area contributed by atoms with Gasteiger partial charge in [0.1, 0.15) is 15.7 Å². The molecule has 0 aliphatic heterocycles. The normalized spacial score (nSPS) is 23.6. The zero-order chi connectivity index (χ0) is 14.9. The number of hydrogen-bond donors (Lipinski definition) is 0. The van der Waals surface area contributed by atoms with Crippen molar-refractivity contribution >= 4 is 42.9 Å². The number of ether oxygens (including phenoxy) is 1. The summed E-state index contributed by atoms with van der Waals surface area (Å²) in [4.78, 5) is -0.199. The number of benzene rings is 1. The van der Waals surface area contributed by atoms with Crippen molar-refractivity contribution in [3.8, 4) is 5.75 Å². The third-order valence-electron chi connectivity index (χ3n) is 3.46. The molecule has 1 aromatic rings. The minimum Gasteiger partial charge on any atom is -0.489 e. The quantitative estimate of drug-likeness (QED) is 0.724. The van der Waals surface area contributed by atoms with Gasteiger partial charge in [0, 0.05) is 10.7 Å². The SMILES string of the molecule is CC1CCCC(Oc2ccc(S(=O)(=O)Cl)c(Cl)c2Cl)C1. The fourth-order valence-corrected chi connectivity index (χ4v) is 4.24. The average Bonchev–Trinajstić information content (AvgIpc) is 2.33. The molecule has 0 spiro atoms. The second kappa shape index (κ2) is 6.30. The first-order valence-electron chi connectivity index (χ1n) is 6.38. The molecule has 3 nitrogen and oxygen atoms in total. The molecule has 112 valence electrons. The molecule has 0 amide bonds. The Morgan fingerprint density at radius 2 is 1.90 bits per heavy atom. The maximum atomic E-state index is 11.3. The highest BCUT2D eigenvalue weighted by Crippen LogP contribution is 2.39. The summed E-state index contributed by atoms with van der Waals surface area (Å²) in [6.45, 7) is 2.19. The van der Waals surface area contributed by atoms with Crippen molar-refractivity contribution in [2.75, 3.05) is 0 Å². The zero-order valence-corrected chi connectivity index (χ0v) is 14.0. The van der Waals surface area contributed by atoms with E-state index in [0.717, 1.165) is 19.3 Å². The maximum Gasteiger partial charge on any atom is 0.262 e. The third kappa shape index (κ3) is 3.73. The van der Waals surface area contributed by atoms with Gasteiger partial charge in [-0.15, -0.1) is 0 Å². The summed E-state index contributed by atoms with van der Waals surface area (Å²) in [6.07, 6.45) is 4.34. The van der Waals surface area contributed by atoms with Gasteiger partial charge in [-0.1, -0.05) is 36.5 Å². The lowest BCUT2D eigenvalue weighted by Crippen LogP contribution is -2.24. The van der Waals surface area contributed by atoms with E-state index in [1.165, 1.54) is 18.6 Å². The summed E-state index contributed by atoms with van der Waals surface area (Å²) >= 11 is 12.0. The van der Waals surface area contributed by atoms with Crippen LogP contribution in [0, 0.1) is 5.92 Å². The van der Waals surface area contributed by atoms with Gasteiger partial charge in [0.05, 0.1) is 11.1 Å². The summed E-state index contributed by atoms with van der Waals surface area (Å²) in [5, 5.41) is -0.00496. The molecule has 2 atom stereocenters. The molecule has 0 heterocycles. The van der Waals surface area contributed by atoms with Crippen LogP contribution in [0.15, 0.2) is 17.0 Å². The lowest BCUT2D eigenvalue weighted by molar-refractivity contribution is 0.129. The van der Waals surface area contributed by atoms with E-state index in [1.54, 1.807) is 0 Å². The first-order chi connectivity index (χ1) is 9.29. The van der Waals surface area contributed by atoms with E-state index in [2.05, 4.69) is 6.92 Å². The second-order valence-corrected chi connectivity index (χ2v) is 8.43. The summed E-state index contributed by atoms with van der Waals surface area (Å²) < 4.78 is 28.5. The molecule has 1 fully saturated rings. The molecule has 2 rings (SSSR count). The van der Waals surface area contributed by atoms with E-state index in [-0.39, 0.29) is 21.0 Å². The molecule has 2 unspecified atom stereocenters. The van der Waals surface area contributed by atoms with Crippen LogP contribution in [0.5, 0.6) is 5.75 Å². The highest BCUT2D eigenvalue weighted by molar-refractivity contribution is 8.13. The van der Waals surface area contributed by atoms with E-state index >= 15 is 0 Å². The van der Waals surface area contributed by atoms with Crippen LogP contribution < -0.4 is 4.74 Å². The van der Waals surface area contributed by atoms with Gasteiger partial charge in [-0.25, -0.2) is 8.42 Å². The second-order valence-electron chi connectivity index (χ2n) is 5.14. The molecular formula is C13H15Cl3O3S. The van der Waals surface area contributed by atoms with Crippen LogP contribution in [0.1, 0.15) is 32.6 Å². The Bertz CT molecular complexity index is 601. The highest BCUT2D eigenvalue weighted by Gasteiger charge is 2.24. The van der Waals surface area contributed by atoms with Gasteiger partial charge in [0.2, 0.25) is 0 Å². The molecular weight excluding hydrogens is 343 g/mol. The van der Waals surface area contributed by atoms with E-state index in [4.69, 9.17) is 38.6 Å². The van der Waals surface area contributed by atoms with Gasteiger partial charge < -0.3 is 4.74 Å². The molecule has 0 bridgehead atoms. The Kier molecular flexibility index (Phi) is 5.11. The Morgan fingerprint density at radius 3 is 2.50 bits per heavy atom. The number of hydrogen-bond acceptors (Lipinski definition) is 3. The molecule has 1 saturated carbocycles. The van der Waals surface area contributed by atoms with Gasteiger partial charge in [-0.2, -0.15) is 0 Å². The molecule has 0 aromatic heterocycles. The number of halogens is 3. The van der Waals surface area contributed by atoms with Crippen molar-refractivity contribution in [1.29, 1.82) is 0 Å². The van der Waals surface area contributed by atoms with Crippen LogP contribution in [-0.4, -0.2) is 14.5 Å². The predicted octanol–water partition coefficient (Wildman–Crippen LogP) is 4.88. The molecule has 1 aliphatic rings. The minimum atomic E-state index is -3.91. The number of rotatable bonds is 3. The molecule has 7 heteroatoms. The standard InChI is InChI=1S/C13H15Cl3O3S/c1-8-3-2-4-9(7-8)19-10-5-6-11(20(16,17)18)13(15)12(10)14/h5-6,8-9H,2-4,7H2,1H3. The summed E-state index contributed by atoms with van der Waals surface area (Å²) in [6, 6.07) is 2.82. The molecule has 0 saturated heterocycles. The Labute approximate surface area is 133 Å². The third-order valence-corrected chi connectivity index (χ3v) is 5.80. The van der Waals surface area contributed by atoms with Crippen molar-refractivity contribution in [3.05, 3.63) is 22.2 Å². The summed E-state index contributed by atoms with van der Waals surface area (Å²) in [7, 11) is 1.37. The van der Waals surface area contributed by atoms with Crippen molar-refractivity contribution in [1.82, 2.24) is 0 Å². The average molecular weight is 358 g/mol. The van der Waals surface area contributed by atoms with Crippen LogP contribution in [0.3, 0.4) is 0 Å². The van der Waals surface area contributed by atoms with Gasteiger partial charge in [0.15, 0.2) is 0 Å². The monoisotopic (exact) mass is 356 g/mol. The smallest absolute Gasteiger partial charge is 0.262 e. The topological polar surface area (TPSA) is 43.4 Å². The van der Waals surface area contributed by atoms with Gasteiger partial charge in [0.25, 0.3) is 9.05 Å². The zero-order valence-electron chi connectivity index (χ0n) is 10.9.